The highest BCUT2D eigenvalue weighted by molar-refractivity contribution is 5.04. The molecule has 1 N–H and O–H groups in total. The van der Waals surface area contributed by atoms with Gasteiger partial charge in [0.1, 0.15) is 0 Å². The van der Waals surface area contributed by atoms with E-state index in [4.69, 9.17) is 0 Å². The Hall–Kier alpha value is -0.0800. The molecule has 19 heavy (non-hydrogen) atoms. The molecular weight excluding hydrogens is 232 g/mol. The fraction of sp³-hybridized carbons (Fsp3) is 1.00. The van der Waals surface area contributed by atoms with Crippen LogP contribution in [0.2, 0.25) is 0 Å². The van der Waals surface area contributed by atoms with E-state index in [9.17, 15) is 0 Å². The Labute approximate surface area is 120 Å². The van der Waals surface area contributed by atoms with Crippen LogP contribution < -0.4 is 5.32 Å². The summed E-state index contributed by atoms with van der Waals surface area (Å²) in [6, 6.07) is 0.673. The van der Waals surface area contributed by atoms with Gasteiger partial charge in [0.2, 0.25) is 0 Å². The normalized spacial score (nSPS) is 32.7. The first kappa shape index (κ1) is 15.3. The van der Waals surface area contributed by atoms with Crippen LogP contribution in [-0.4, -0.2) is 36.1 Å². The number of piperazine rings is 1. The fourth-order valence-electron chi connectivity index (χ4n) is 3.63. The minimum Gasteiger partial charge on any atom is -0.311 e. The van der Waals surface area contributed by atoms with Crippen LogP contribution in [0, 0.1) is 5.92 Å². The molecule has 0 amide bonds. The van der Waals surface area contributed by atoms with Crippen molar-refractivity contribution in [3.05, 3.63) is 0 Å². The van der Waals surface area contributed by atoms with Crippen LogP contribution in [0.1, 0.15) is 72.1 Å². The SMILES string of the molecule is CCCCCCCCN1CC(C)NCC1(C)C1CC1. The Morgan fingerprint density at radius 1 is 1.11 bits per heavy atom. The summed E-state index contributed by atoms with van der Waals surface area (Å²) in [5, 5.41) is 3.70. The first-order chi connectivity index (χ1) is 9.16. The summed E-state index contributed by atoms with van der Waals surface area (Å²) in [4.78, 5) is 2.81. The van der Waals surface area contributed by atoms with Crippen LogP contribution in [0.4, 0.5) is 0 Å². The molecule has 1 aliphatic heterocycles. The number of nitrogens with zero attached hydrogens (tertiary/aromatic N) is 1. The van der Waals surface area contributed by atoms with Crippen molar-refractivity contribution in [1.82, 2.24) is 10.2 Å². The van der Waals surface area contributed by atoms with Gasteiger partial charge >= 0.3 is 0 Å². The van der Waals surface area contributed by atoms with E-state index in [1.165, 1.54) is 71.0 Å². The van der Waals surface area contributed by atoms with E-state index in [2.05, 4.69) is 31.0 Å². The van der Waals surface area contributed by atoms with Crippen molar-refractivity contribution in [2.24, 2.45) is 5.92 Å². The zero-order valence-corrected chi connectivity index (χ0v) is 13.4. The largest absolute Gasteiger partial charge is 0.311 e. The smallest absolute Gasteiger partial charge is 0.0334 e. The van der Waals surface area contributed by atoms with E-state index in [1.54, 1.807) is 0 Å². The Kier molecular flexibility index (Phi) is 5.70. The molecule has 1 saturated heterocycles. The molecule has 2 unspecified atom stereocenters. The van der Waals surface area contributed by atoms with Crippen LogP contribution in [0.25, 0.3) is 0 Å². The van der Waals surface area contributed by atoms with Gasteiger partial charge < -0.3 is 5.32 Å². The Bertz CT molecular complexity index is 262. The summed E-state index contributed by atoms with van der Waals surface area (Å²) in [6.07, 6.45) is 11.4. The number of hydrogen-bond acceptors (Lipinski definition) is 2. The lowest BCUT2D eigenvalue weighted by Crippen LogP contribution is -2.63. The molecular formula is C17H34N2. The summed E-state index contributed by atoms with van der Waals surface area (Å²) in [7, 11) is 0. The second-order valence-electron chi connectivity index (χ2n) is 7.13. The van der Waals surface area contributed by atoms with Crippen LogP contribution in [-0.2, 0) is 0 Å². The van der Waals surface area contributed by atoms with Crippen molar-refractivity contribution in [1.29, 1.82) is 0 Å². The van der Waals surface area contributed by atoms with E-state index >= 15 is 0 Å². The van der Waals surface area contributed by atoms with Crippen molar-refractivity contribution < 1.29 is 0 Å². The van der Waals surface area contributed by atoms with Gasteiger partial charge in [0.15, 0.2) is 0 Å². The van der Waals surface area contributed by atoms with Gasteiger partial charge in [0.25, 0.3) is 0 Å². The first-order valence-electron chi connectivity index (χ1n) is 8.65. The van der Waals surface area contributed by atoms with Gasteiger partial charge in [-0.1, -0.05) is 39.0 Å². The van der Waals surface area contributed by atoms with Crippen molar-refractivity contribution >= 4 is 0 Å². The molecule has 2 rings (SSSR count). The molecule has 0 aromatic carbocycles. The average Bonchev–Trinajstić information content (AvgIpc) is 3.22. The van der Waals surface area contributed by atoms with E-state index in [0.29, 0.717) is 11.6 Å². The maximum absolute atomic E-state index is 3.70. The molecule has 0 radical (unpaired) electrons. The zero-order chi connectivity index (χ0) is 13.7. The van der Waals surface area contributed by atoms with Gasteiger partial charge in [-0.05, 0) is 45.6 Å². The van der Waals surface area contributed by atoms with Crippen molar-refractivity contribution in [3.63, 3.8) is 0 Å². The van der Waals surface area contributed by atoms with E-state index < -0.39 is 0 Å². The number of hydrogen-bond donors (Lipinski definition) is 1. The third-order valence-corrected chi connectivity index (χ3v) is 5.26. The monoisotopic (exact) mass is 266 g/mol. The highest BCUT2D eigenvalue weighted by Crippen LogP contribution is 2.44. The quantitative estimate of drug-likeness (QED) is 0.672. The number of nitrogens with one attached hydrogen (secondary N) is 1. The second kappa shape index (κ2) is 7.08. The lowest BCUT2D eigenvalue weighted by Gasteiger charge is -2.48. The summed E-state index contributed by atoms with van der Waals surface area (Å²) >= 11 is 0. The summed E-state index contributed by atoms with van der Waals surface area (Å²) in [5.41, 5.74) is 0.454. The number of rotatable bonds is 8. The molecule has 2 nitrogen and oxygen atoms in total. The Balaban J connectivity index is 1.72. The zero-order valence-electron chi connectivity index (χ0n) is 13.4. The van der Waals surface area contributed by atoms with E-state index in [0.717, 1.165) is 5.92 Å². The maximum atomic E-state index is 3.70. The molecule has 2 atom stereocenters. The third-order valence-electron chi connectivity index (χ3n) is 5.26. The average molecular weight is 266 g/mol. The molecule has 112 valence electrons. The minimum absolute atomic E-state index is 0.454. The van der Waals surface area contributed by atoms with Gasteiger partial charge in [-0.25, -0.2) is 0 Å². The molecule has 2 heteroatoms. The lowest BCUT2D eigenvalue weighted by atomic mass is 9.89. The predicted molar refractivity (Wildman–Crippen MR) is 83.5 cm³/mol. The van der Waals surface area contributed by atoms with E-state index in [-0.39, 0.29) is 0 Å². The van der Waals surface area contributed by atoms with Crippen LogP contribution in [0.15, 0.2) is 0 Å². The summed E-state index contributed by atoms with van der Waals surface area (Å²) in [5.74, 6) is 0.965. The summed E-state index contributed by atoms with van der Waals surface area (Å²) < 4.78 is 0. The molecule has 1 saturated carbocycles. The topological polar surface area (TPSA) is 15.3 Å². The van der Waals surface area contributed by atoms with Crippen LogP contribution in [0.3, 0.4) is 0 Å². The molecule has 2 fully saturated rings. The second-order valence-corrected chi connectivity index (χ2v) is 7.13. The maximum Gasteiger partial charge on any atom is 0.0334 e. The number of unbranched alkanes of at least 4 members (excludes halogenated alkanes) is 5. The first-order valence-corrected chi connectivity index (χ1v) is 8.65. The highest BCUT2D eigenvalue weighted by atomic mass is 15.3. The lowest BCUT2D eigenvalue weighted by molar-refractivity contribution is 0.0369. The van der Waals surface area contributed by atoms with E-state index in [1.807, 2.05) is 0 Å². The van der Waals surface area contributed by atoms with Gasteiger partial charge in [-0.2, -0.15) is 0 Å². The minimum atomic E-state index is 0.454. The van der Waals surface area contributed by atoms with Gasteiger partial charge in [-0.3, -0.25) is 4.90 Å². The predicted octanol–water partition coefficient (Wildman–Crippen LogP) is 3.81. The third kappa shape index (κ3) is 4.19. The Morgan fingerprint density at radius 2 is 1.79 bits per heavy atom. The van der Waals surface area contributed by atoms with Gasteiger partial charge in [0, 0.05) is 24.7 Å². The van der Waals surface area contributed by atoms with Crippen molar-refractivity contribution in [2.45, 2.75) is 83.7 Å². The van der Waals surface area contributed by atoms with Gasteiger partial charge in [-0.15, -0.1) is 0 Å². The molecule has 0 bridgehead atoms. The summed E-state index contributed by atoms with van der Waals surface area (Å²) in [6.45, 7) is 10.9. The van der Waals surface area contributed by atoms with Gasteiger partial charge in [0.05, 0.1) is 0 Å². The standard InChI is InChI=1S/C17H34N2/c1-4-5-6-7-8-9-12-19-13-15(2)18-14-17(19,3)16-10-11-16/h15-16,18H,4-14H2,1-3H3. The van der Waals surface area contributed by atoms with Crippen molar-refractivity contribution in [3.8, 4) is 0 Å². The molecule has 0 aromatic rings. The molecule has 1 heterocycles. The highest BCUT2D eigenvalue weighted by Gasteiger charge is 2.47. The van der Waals surface area contributed by atoms with Crippen molar-refractivity contribution in [2.75, 3.05) is 19.6 Å². The molecule has 0 aromatic heterocycles. The molecule has 2 aliphatic rings. The molecule has 0 spiro atoms. The Morgan fingerprint density at radius 3 is 2.47 bits per heavy atom. The fourth-order valence-corrected chi connectivity index (χ4v) is 3.63. The van der Waals surface area contributed by atoms with Crippen LogP contribution >= 0.6 is 0 Å². The van der Waals surface area contributed by atoms with Crippen LogP contribution in [0.5, 0.6) is 0 Å². The molecule has 1 aliphatic carbocycles.